The molecule has 1 aromatic carbocycles. The average molecular weight is 277 g/mol. The second kappa shape index (κ2) is 5.83. The number of hydrogen-bond donors (Lipinski definition) is 1. The van der Waals surface area contributed by atoms with E-state index in [2.05, 4.69) is 5.10 Å². The van der Waals surface area contributed by atoms with Crippen molar-refractivity contribution < 1.29 is 19.6 Å². The molecule has 1 heterocycles. The van der Waals surface area contributed by atoms with Crippen LogP contribution in [0.4, 0.5) is 5.69 Å². The molecule has 0 radical (unpaired) electrons. The van der Waals surface area contributed by atoms with Crippen molar-refractivity contribution in [2.24, 2.45) is 0 Å². The number of rotatable bonds is 6. The van der Waals surface area contributed by atoms with Crippen LogP contribution in [-0.4, -0.2) is 32.4 Å². The fourth-order valence-electron chi connectivity index (χ4n) is 1.66. The zero-order valence-electron chi connectivity index (χ0n) is 10.3. The quantitative estimate of drug-likeness (QED) is 0.634. The molecule has 0 unspecified atom stereocenters. The average Bonchev–Trinajstić information content (AvgIpc) is 2.91. The maximum absolute atomic E-state index is 11.1. The molecule has 20 heavy (non-hydrogen) atoms. The molecule has 8 heteroatoms. The van der Waals surface area contributed by atoms with Crippen LogP contribution in [0.15, 0.2) is 36.7 Å². The molecule has 2 rings (SSSR count). The number of nitrogens with zero attached hydrogens (tertiary/aromatic N) is 3. The lowest BCUT2D eigenvalue weighted by molar-refractivity contribution is -0.385. The molecule has 0 aliphatic carbocycles. The summed E-state index contributed by atoms with van der Waals surface area (Å²) in [7, 11) is 0. The van der Waals surface area contributed by atoms with E-state index in [9.17, 15) is 14.9 Å². The first kappa shape index (κ1) is 13.5. The number of aromatic nitrogens is 2. The minimum Gasteiger partial charge on any atom is -0.484 e. The summed E-state index contributed by atoms with van der Waals surface area (Å²) < 4.78 is 6.86. The second-order valence-electron chi connectivity index (χ2n) is 3.83. The topological polar surface area (TPSA) is 107 Å². The number of nitro benzene ring substituents is 1. The van der Waals surface area contributed by atoms with Crippen molar-refractivity contribution in [1.82, 2.24) is 9.78 Å². The number of carboxylic acids is 1. The second-order valence-corrected chi connectivity index (χ2v) is 3.83. The van der Waals surface area contributed by atoms with E-state index in [1.165, 1.54) is 18.2 Å². The van der Waals surface area contributed by atoms with E-state index < -0.39 is 10.9 Å². The van der Waals surface area contributed by atoms with Crippen LogP contribution < -0.4 is 4.74 Å². The van der Waals surface area contributed by atoms with Gasteiger partial charge in [0.2, 0.25) is 5.75 Å². The lowest BCUT2D eigenvalue weighted by Crippen LogP contribution is -2.12. The van der Waals surface area contributed by atoms with E-state index >= 15 is 0 Å². The minimum atomic E-state index is -1.28. The maximum Gasteiger partial charge on any atom is 0.339 e. The highest BCUT2D eigenvalue weighted by molar-refractivity contribution is 5.92. The van der Waals surface area contributed by atoms with Crippen LogP contribution in [0, 0.1) is 10.1 Å². The van der Waals surface area contributed by atoms with Gasteiger partial charge in [-0.1, -0.05) is 6.07 Å². The van der Waals surface area contributed by atoms with E-state index in [4.69, 9.17) is 9.84 Å². The molecule has 0 spiro atoms. The first-order valence-corrected chi connectivity index (χ1v) is 5.70. The van der Waals surface area contributed by atoms with Gasteiger partial charge in [-0.3, -0.25) is 14.8 Å². The van der Waals surface area contributed by atoms with Gasteiger partial charge in [-0.2, -0.15) is 5.10 Å². The number of ether oxygens (including phenoxy) is 1. The molecule has 0 amide bonds. The van der Waals surface area contributed by atoms with Gasteiger partial charge < -0.3 is 9.84 Å². The predicted octanol–water partition coefficient (Wildman–Crippen LogP) is 1.57. The predicted molar refractivity (Wildman–Crippen MR) is 67.8 cm³/mol. The van der Waals surface area contributed by atoms with Crippen molar-refractivity contribution in [3.05, 3.63) is 52.3 Å². The van der Waals surface area contributed by atoms with Gasteiger partial charge in [-0.25, -0.2) is 4.79 Å². The van der Waals surface area contributed by atoms with Gasteiger partial charge in [-0.15, -0.1) is 0 Å². The van der Waals surface area contributed by atoms with Crippen LogP contribution in [0.2, 0.25) is 0 Å². The molecule has 0 aliphatic rings. The van der Waals surface area contributed by atoms with Crippen LogP contribution in [-0.2, 0) is 6.54 Å². The van der Waals surface area contributed by atoms with E-state index in [0.29, 0.717) is 6.54 Å². The molecule has 1 aromatic heterocycles. The minimum absolute atomic E-state index is 0.0762. The van der Waals surface area contributed by atoms with E-state index in [1.54, 1.807) is 23.1 Å². The zero-order valence-corrected chi connectivity index (χ0v) is 10.3. The molecule has 0 saturated carbocycles. The summed E-state index contributed by atoms with van der Waals surface area (Å²) in [6.07, 6.45) is 3.30. The standard InChI is InChI=1S/C12H11N3O5/c16-12(17)9-3-1-4-10(15(18)19)11(9)20-8-7-14-6-2-5-13-14/h1-6H,7-8H2,(H,16,17). The molecule has 0 aliphatic heterocycles. The van der Waals surface area contributed by atoms with E-state index in [0.717, 1.165) is 0 Å². The lowest BCUT2D eigenvalue weighted by atomic mass is 10.2. The lowest BCUT2D eigenvalue weighted by Gasteiger charge is -2.09. The van der Waals surface area contributed by atoms with Gasteiger partial charge in [0.15, 0.2) is 0 Å². The smallest absolute Gasteiger partial charge is 0.339 e. The van der Waals surface area contributed by atoms with Crippen molar-refractivity contribution in [1.29, 1.82) is 0 Å². The van der Waals surface area contributed by atoms with Crippen molar-refractivity contribution in [3.63, 3.8) is 0 Å². The maximum atomic E-state index is 11.1. The van der Waals surface area contributed by atoms with Gasteiger partial charge in [0.05, 0.1) is 11.5 Å². The number of carboxylic acid groups (broad SMARTS) is 1. The van der Waals surface area contributed by atoms with Gasteiger partial charge in [0, 0.05) is 18.5 Å². The number of hydrogen-bond acceptors (Lipinski definition) is 5. The number of nitro groups is 1. The highest BCUT2D eigenvalue weighted by atomic mass is 16.6. The molecule has 0 saturated heterocycles. The Bertz CT molecular complexity index is 592. The van der Waals surface area contributed by atoms with Crippen molar-refractivity contribution in [3.8, 4) is 5.75 Å². The molecule has 8 nitrogen and oxygen atoms in total. The monoisotopic (exact) mass is 277 g/mol. The van der Waals surface area contributed by atoms with Crippen molar-refractivity contribution in [2.75, 3.05) is 6.61 Å². The number of benzene rings is 1. The fourth-order valence-corrected chi connectivity index (χ4v) is 1.66. The largest absolute Gasteiger partial charge is 0.484 e. The third kappa shape index (κ3) is 2.91. The Morgan fingerprint density at radius 2 is 2.25 bits per heavy atom. The molecule has 104 valence electrons. The first-order valence-electron chi connectivity index (χ1n) is 5.70. The Morgan fingerprint density at radius 1 is 1.45 bits per heavy atom. The Kier molecular flexibility index (Phi) is 3.94. The van der Waals surface area contributed by atoms with Gasteiger partial charge in [-0.05, 0) is 12.1 Å². The van der Waals surface area contributed by atoms with Crippen LogP contribution in [0.1, 0.15) is 10.4 Å². The van der Waals surface area contributed by atoms with Gasteiger partial charge in [0.1, 0.15) is 12.2 Å². The Labute approximate surface area is 113 Å². The molecular weight excluding hydrogens is 266 g/mol. The normalized spacial score (nSPS) is 10.2. The summed E-state index contributed by atoms with van der Waals surface area (Å²) >= 11 is 0. The third-order valence-electron chi connectivity index (χ3n) is 2.55. The fraction of sp³-hybridized carbons (Fsp3) is 0.167. The van der Waals surface area contributed by atoms with E-state index in [-0.39, 0.29) is 23.6 Å². The van der Waals surface area contributed by atoms with E-state index in [1.807, 2.05) is 0 Å². The van der Waals surface area contributed by atoms with Crippen molar-refractivity contribution >= 4 is 11.7 Å². The molecule has 0 fully saturated rings. The molecule has 0 bridgehead atoms. The summed E-state index contributed by atoms with van der Waals surface area (Å²) in [4.78, 5) is 21.3. The molecule has 2 aromatic rings. The molecule has 0 atom stereocenters. The summed E-state index contributed by atoms with van der Waals surface area (Å²) in [6, 6.07) is 5.50. The summed E-state index contributed by atoms with van der Waals surface area (Å²) in [5, 5.41) is 23.9. The third-order valence-corrected chi connectivity index (χ3v) is 2.55. The summed E-state index contributed by atoms with van der Waals surface area (Å²) in [5.74, 6) is -1.51. The SMILES string of the molecule is O=C(O)c1cccc([N+](=O)[O-])c1OCCn1cccn1. The summed E-state index contributed by atoms with van der Waals surface area (Å²) in [6.45, 7) is 0.435. The first-order chi connectivity index (χ1) is 9.59. The summed E-state index contributed by atoms with van der Waals surface area (Å²) in [5.41, 5.74) is -0.606. The van der Waals surface area contributed by atoms with Crippen molar-refractivity contribution in [2.45, 2.75) is 6.54 Å². The Hall–Kier alpha value is -2.90. The number of para-hydroxylation sites is 1. The Morgan fingerprint density at radius 3 is 2.85 bits per heavy atom. The molecular formula is C12H11N3O5. The number of carbonyl (C=O) groups is 1. The number of aromatic carboxylic acids is 1. The van der Waals surface area contributed by atoms with Crippen LogP contribution >= 0.6 is 0 Å². The van der Waals surface area contributed by atoms with Gasteiger partial charge >= 0.3 is 11.7 Å². The zero-order chi connectivity index (χ0) is 14.5. The van der Waals surface area contributed by atoms with Crippen LogP contribution in [0.25, 0.3) is 0 Å². The highest BCUT2D eigenvalue weighted by Crippen LogP contribution is 2.30. The Balaban J connectivity index is 2.19. The van der Waals surface area contributed by atoms with Crippen LogP contribution in [0.3, 0.4) is 0 Å². The molecule has 1 N–H and O–H groups in total. The highest BCUT2D eigenvalue weighted by Gasteiger charge is 2.22. The van der Waals surface area contributed by atoms with Crippen LogP contribution in [0.5, 0.6) is 5.75 Å². The van der Waals surface area contributed by atoms with Gasteiger partial charge in [0.25, 0.3) is 0 Å².